The van der Waals surface area contributed by atoms with Crippen LogP contribution < -0.4 is 16.4 Å². The minimum absolute atomic E-state index is 0.367. The van der Waals surface area contributed by atoms with E-state index in [1.54, 1.807) is 0 Å². The predicted octanol–water partition coefficient (Wildman–Crippen LogP) is -2.92. The number of carbonyl (C=O) groups excluding carboxylic acids is 1. The minimum atomic E-state index is -3.91. The summed E-state index contributed by atoms with van der Waals surface area (Å²) in [6, 6.07) is -3.35. The van der Waals surface area contributed by atoms with Crippen molar-refractivity contribution in [2.24, 2.45) is 5.73 Å². The lowest BCUT2D eigenvalue weighted by atomic mass is 9.86. The summed E-state index contributed by atoms with van der Waals surface area (Å²) in [5, 5.41) is 41.9. The number of carboxylic acid groups (broad SMARTS) is 1. The van der Waals surface area contributed by atoms with Gasteiger partial charge in [-0.1, -0.05) is 6.58 Å². The molecule has 144 valence electrons. The highest BCUT2D eigenvalue weighted by atomic mass is 19.2. The van der Waals surface area contributed by atoms with E-state index in [0.29, 0.717) is 0 Å². The Morgan fingerprint density at radius 2 is 1.92 bits per heavy atom. The fourth-order valence-corrected chi connectivity index (χ4v) is 2.51. The van der Waals surface area contributed by atoms with Gasteiger partial charge in [-0.25, -0.2) is 9.18 Å². The Morgan fingerprint density at radius 3 is 2.32 bits per heavy atom. The molecule has 7 atom stereocenters. The van der Waals surface area contributed by atoms with Crippen molar-refractivity contribution in [1.29, 1.82) is 0 Å². The topological polar surface area (TPSA) is 174 Å². The standard InChI is InChI=1S/C13H21F2N3O7/c1-4(16)17-8-7(18-5(2)20)10(9(22)6(21)3-19)25-13(15,11(8)14)12(23)24/h6-11,17,19,21-22H,1,3,16H2,2H3,(H,18,20)(H,23,24)/t6-,7-,8?,9-,10?,11+,13-/m1/s1. The molecule has 0 spiro atoms. The zero-order chi connectivity index (χ0) is 19.5. The molecule has 25 heavy (non-hydrogen) atoms. The van der Waals surface area contributed by atoms with Gasteiger partial charge in [0.05, 0.1) is 24.5 Å². The van der Waals surface area contributed by atoms with Gasteiger partial charge in [0, 0.05) is 6.92 Å². The number of aliphatic hydroxyl groups is 3. The van der Waals surface area contributed by atoms with Gasteiger partial charge in [0.15, 0.2) is 6.17 Å². The molecule has 1 aliphatic heterocycles. The average Bonchev–Trinajstić information content (AvgIpc) is 2.51. The molecule has 0 bridgehead atoms. The Balaban J connectivity index is 3.38. The Bertz CT molecular complexity index is 538. The number of carboxylic acids is 1. The fraction of sp³-hybridized carbons (Fsp3) is 0.692. The molecule has 0 aromatic heterocycles. The van der Waals surface area contributed by atoms with E-state index in [1.807, 2.05) is 0 Å². The van der Waals surface area contributed by atoms with Crippen molar-refractivity contribution >= 4 is 11.9 Å². The first kappa shape index (κ1) is 21.0. The van der Waals surface area contributed by atoms with Gasteiger partial charge < -0.3 is 41.5 Å². The molecular formula is C13H21F2N3O7. The second-order valence-corrected chi connectivity index (χ2v) is 5.60. The Kier molecular flexibility index (Phi) is 6.65. The van der Waals surface area contributed by atoms with Crippen LogP contribution in [0.4, 0.5) is 8.78 Å². The minimum Gasteiger partial charge on any atom is -0.477 e. The Morgan fingerprint density at radius 1 is 1.36 bits per heavy atom. The molecule has 1 rings (SSSR count). The van der Waals surface area contributed by atoms with Crippen molar-refractivity contribution in [3.63, 3.8) is 0 Å². The molecule has 1 amide bonds. The Hall–Kier alpha value is -2.02. The normalized spacial score (nSPS) is 34.6. The molecule has 1 fully saturated rings. The third-order valence-electron chi connectivity index (χ3n) is 3.65. The van der Waals surface area contributed by atoms with Gasteiger partial charge in [-0.05, 0) is 0 Å². The van der Waals surface area contributed by atoms with Gasteiger partial charge >= 0.3 is 11.8 Å². The van der Waals surface area contributed by atoms with E-state index in [9.17, 15) is 28.6 Å². The first-order valence-electron chi connectivity index (χ1n) is 7.14. The fourth-order valence-electron chi connectivity index (χ4n) is 2.51. The first-order chi connectivity index (χ1) is 11.5. The van der Waals surface area contributed by atoms with Crippen molar-refractivity contribution in [1.82, 2.24) is 10.6 Å². The van der Waals surface area contributed by atoms with E-state index in [-0.39, 0.29) is 5.82 Å². The third-order valence-corrected chi connectivity index (χ3v) is 3.65. The SMILES string of the molecule is C=C(N)NC1[C@@H](NC(C)=O)C([C@H](O)[C@H](O)CO)O[C@@](F)(C(=O)O)[C@H]1F. The Labute approximate surface area is 141 Å². The second kappa shape index (κ2) is 7.91. The molecule has 1 heterocycles. The number of amides is 1. The highest BCUT2D eigenvalue weighted by Gasteiger charge is 2.63. The van der Waals surface area contributed by atoms with Crippen LogP contribution in [0.2, 0.25) is 0 Å². The molecule has 0 saturated carbocycles. The van der Waals surface area contributed by atoms with Gasteiger partial charge in [-0.3, -0.25) is 4.79 Å². The number of aliphatic hydroxyl groups excluding tert-OH is 3. The highest BCUT2D eigenvalue weighted by molar-refractivity contribution is 5.77. The largest absolute Gasteiger partial charge is 0.477 e. The van der Waals surface area contributed by atoms with Gasteiger partial charge in [-0.2, -0.15) is 4.39 Å². The van der Waals surface area contributed by atoms with E-state index in [2.05, 4.69) is 21.9 Å². The van der Waals surface area contributed by atoms with E-state index in [1.165, 1.54) is 0 Å². The number of nitrogens with one attached hydrogen (secondary N) is 2. The molecule has 12 heteroatoms. The van der Waals surface area contributed by atoms with Crippen LogP contribution >= 0.6 is 0 Å². The van der Waals surface area contributed by atoms with Crippen LogP contribution in [0.25, 0.3) is 0 Å². The summed E-state index contributed by atoms with van der Waals surface area (Å²) < 4.78 is 33.7. The monoisotopic (exact) mass is 369 g/mol. The maximum Gasteiger partial charge on any atom is 0.372 e. The van der Waals surface area contributed by atoms with Crippen molar-refractivity contribution in [2.45, 2.75) is 49.3 Å². The predicted molar refractivity (Wildman–Crippen MR) is 78.2 cm³/mol. The summed E-state index contributed by atoms with van der Waals surface area (Å²) in [6.45, 7) is 3.28. The average molecular weight is 369 g/mol. The summed E-state index contributed by atoms with van der Waals surface area (Å²) >= 11 is 0. The smallest absolute Gasteiger partial charge is 0.372 e. The number of rotatable bonds is 7. The van der Waals surface area contributed by atoms with Gasteiger partial charge in [0.1, 0.15) is 18.3 Å². The van der Waals surface area contributed by atoms with Crippen LogP contribution in [0.5, 0.6) is 0 Å². The zero-order valence-corrected chi connectivity index (χ0v) is 13.2. The molecule has 1 saturated heterocycles. The molecule has 8 N–H and O–H groups in total. The lowest BCUT2D eigenvalue weighted by Gasteiger charge is -2.47. The summed E-state index contributed by atoms with van der Waals surface area (Å²) in [7, 11) is 0. The first-order valence-corrected chi connectivity index (χ1v) is 7.14. The number of hydrogen-bond donors (Lipinski definition) is 7. The summed E-state index contributed by atoms with van der Waals surface area (Å²) in [6.07, 6.45) is -8.73. The van der Waals surface area contributed by atoms with Crippen molar-refractivity contribution in [3.8, 4) is 0 Å². The molecule has 2 unspecified atom stereocenters. The zero-order valence-electron chi connectivity index (χ0n) is 13.2. The molecular weight excluding hydrogens is 348 g/mol. The highest BCUT2D eigenvalue weighted by Crippen LogP contribution is 2.36. The van der Waals surface area contributed by atoms with Gasteiger partial charge in [-0.15, -0.1) is 0 Å². The lowest BCUT2D eigenvalue weighted by molar-refractivity contribution is -0.278. The number of nitrogens with two attached hydrogens (primary N) is 1. The number of halogens is 2. The summed E-state index contributed by atoms with van der Waals surface area (Å²) in [4.78, 5) is 22.5. The third kappa shape index (κ3) is 4.34. The van der Waals surface area contributed by atoms with Crippen molar-refractivity contribution in [2.75, 3.05) is 6.61 Å². The number of aliphatic carboxylic acids is 1. The maximum atomic E-state index is 14.6. The molecule has 1 aliphatic rings. The van der Waals surface area contributed by atoms with E-state index in [4.69, 9.17) is 15.9 Å². The number of ether oxygens (including phenoxy) is 1. The second-order valence-electron chi connectivity index (χ2n) is 5.60. The van der Waals surface area contributed by atoms with Crippen molar-refractivity contribution < 1.29 is 43.5 Å². The van der Waals surface area contributed by atoms with E-state index < -0.39 is 60.9 Å². The number of hydrogen-bond acceptors (Lipinski definition) is 8. The maximum absolute atomic E-state index is 14.6. The van der Waals surface area contributed by atoms with Crippen LogP contribution in [-0.4, -0.2) is 81.3 Å². The van der Waals surface area contributed by atoms with Crippen LogP contribution in [0.3, 0.4) is 0 Å². The van der Waals surface area contributed by atoms with Crippen molar-refractivity contribution in [3.05, 3.63) is 12.4 Å². The summed E-state index contributed by atoms with van der Waals surface area (Å²) in [5.41, 5.74) is 5.30. The van der Waals surface area contributed by atoms with E-state index in [0.717, 1.165) is 6.92 Å². The quantitative estimate of drug-likeness (QED) is 0.248. The molecule has 10 nitrogen and oxygen atoms in total. The molecule has 0 radical (unpaired) electrons. The van der Waals surface area contributed by atoms with Gasteiger partial charge in [0.25, 0.3) is 0 Å². The molecule has 0 aromatic carbocycles. The van der Waals surface area contributed by atoms with E-state index >= 15 is 0 Å². The lowest BCUT2D eigenvalue weighted by Crippen LogP contribution is -2.74. The number of carbonyl (C=O) groups is 2. The summed E-state index contributed by atoms with van der Waals surface area (Å²) in [5.74, 6) is -7.35. The van der Waals surface area contributed by atoms with Crippen LogP contribution in [0, 0.1) is 0 Å². The molecule has 0 aliphatic carbocycles. The van der Waals surface area contributed by atoms with Gasteiger partial charge in [0.2, 0.25) is 5.91 Å². The molecule has 0 aromatic rings. The van der Waals surface area contributed by atoms with Crippen LogP contribution in [-0.2, 0) is 14.3 Å². The van der Waals surface area contributed by atoms with Crippen LogP contribution in [0.1, 0.15) is 6.92 Å². The van der Waals surface area contributed by atoms with Crippen LogP contribution in [0.15, 0.2) is 12.4 Å². The number of alkyl halides is 2.